The Morgan fingerprint density at radius 3 is 2.27 bits per heavy atom. The monoisotopic (exact) mass is 309 g/mol. The lowest BCUT2D eigenvalue weighted by atomic mass is 10.2. The highest BCUT2D eigenvalue weighted by atomic mass is 16.5. The van der Waals surface area contributed by atoms with E-state index in [2.05, 4.69) is 5.32 Å². The van der Waals surface area contributed by atoms with Gasteiger partial charge in [0.15, 0.2) is 11.5 Å². The quantitative estimate of drug-likeness (QED) is 0.694. The molecular formula is C16H23NO5. The smallest absolute Gasteiger partial charge is 0.303 e. The number of rotatable bonds is 10. The minimum absolute atomic E-state index is 0.0609. The number of nitrogens with one attached hydrogen (secondary N) is 1. The number of amides is 1. The van der Waals surface area contributed by atoms with Crippen molar-refractivity contribution in [3.8, 4) is 11.5 Å². The van der Waals surface area contributed by atoms with Gasteiger partial charge in [0.05, 0.1) is 19.6 Å². The maximum absolute atomic E-state index is 11.7. The first-order valence-corrected chi connectivity index (χ1v) is 7.48. The predicted molar refractivity (Wildman–Crippen MR) is 83.5 cm³/mol. The van der Waals surface area contributed by atoms with E-state index in [9.17, 15) is 9.59 Å². The maximum atomic E-state index is 11.7. The van der Waals surface area contributed by atoms with E-state index in [1.807, 2.05) is 13.8 Å². The van der Waals surface area contributed by atoms with Crippen molar-refractivity contribution in [2.24, 2.45) is 0 Å². The van der Waals surface area contributed by atoms with Crippen LogP contribution in [0.3, 0.4) is 0 Å². The number of carbonyl (C=O) groups excluding carboxylic acids is 1. The minimum Gasteiger partial charge on any atom is -0.490 e. The molecule has 0 heterocycles. The Kier molecular flexibility index (Phi) is 7.81. The van der Waals surface area contributed by atoms with Crippen molar-refractivity contribution in [1.82, 2.24) is 0 Å². The number of anilines is 1. The molecule has 0 saturated carbocycles. The normalized spacial score (nSPS) is 10.1. The molecule has 2 N–H and O–H groups in total. The Balaban J connectivity index is 2.74. The molecule has 0 aliphatic carbocycles. The fourth-order valence-electron chi connectivity index (χ4n) is 1.69. The van der Waals surface area contributed by atoms with E-state index in [0.29, 0.717) is 30.4 Å². The van der Waals surface area contributed by atoms with Crippen LogP contribution in [0.4, 0.5) is 5.69 Å². The number of hydrogen-bond acceptors (Lipinski definition) is 4. The number of benzene rings is 1. The van der Waals surface area contributed by atoms with Crippen LogP contribution in [0.25, 0.3) is 0 Å². The lowest BCUT2D eigenvalue weighted by molar-refractivity contribution is -0.138. The standard InChI is InChI=1S/C16H23NO5/c1-3-9-21-13-6-5-12(11-14(13)22-10-4-2)17-15(18)7-8-16(19)20/h5-6,11H,3-4,7-10H2,1-2H3,(H,17,18)(H,19,20). The Morgan fingerprint density at radius 1 is 1.05 bits per heavy atom. The van der Waals surface area contributed by atoms with Crippen molar-refractivity contribution in [3.05, 3.63) is 18.2 Å². The second-order valence-electron chi connectivity index (χ2n) is 4.80. The van der Waals surface area contributed by atoms with Crippen molar-refractivity contribution in [3.63, 3.8) is 0 Å². The van der Waals surface area contributed by atoms with Gasteiger partial charge < -0.3 is 19.9 Å². The first-order valence-electron chi connectivity index (χ1n) is 7.48. The van der Waals surface area contributed by atoms with Gasteiger partial charge in [-0.05, 0) is 25.0 Å². The number of carboxylic acid groups (broad SMARTS) is 1. The number of aliphatic carboxylic acids is 1. The fraction of sp³-hybridized carbons (Fsp3) is 0.500. The van der Waals surface area contributed by atoms with Crippen molar-refractivity contribution in [1.29, 1.82) is 0 Å². The summed E-state index contributed by atoms with van der Waals surface area (Å²) in [6.07, 6.45) is 1.50. The van der Waals surface area contributed by atoms with Gasteiger partial charge in [-0.25, -0.2) is 0 Å². The zero-order valence-electron chi connectivity index (χ0n) is 13.1. The second-order valence-corrected chi connectivity index (χ2v) is 4.80. The molecule has 0 spiro atoms. The summed E-state index contributed by atoms with van der Waals surface area (Å²) in [5.41, 5.74) is 0.561. The van der Waals surface area contributed by atoms with E-state index in [4.69, 9.17) is 14.6 Å². The lowest BCUT2D eigenvalue weighted by Gasteiger charge is -2.14. The van der Waals surface area contributed by atoms with E-state index in [-0.39, 0.29) is 18.7 Å². The molecular weight excluding hydrogens is 286 g/mol. The molecule has 22 heavy (non-hydrogen) atoms. The lowest BCUT2D eigenvalue weighted by Crippen LogP contribution is -2.13. The summed E-state index contributed by atoms with van der Waals surface area (Å²) in [4.78, 5) is 22.1. The van der Waals surface area contributed by atoms with E-state index in [1.54, 1.807) is 18.2 Å². The summed E-state index contributed by atoms with van der Waals surface area (Å²) in [6.45, 7) is 5.17. The highest BCUT2D eigenvalue weighted by Gasteiger charge is 2.10. The van der Waals surface area contributed by atoms with Crippen LogP contribution in [-0.4, -0.2) is 30.2 Å². The van der Waals surface area contributed by atoms with E-state index in [0.717, 1.165) is 12.8 Å². The maximum Gasteiger partial charge on any atom is 0.303 e. The molecule has 1 aromatic rings. The summed E-state index contributed by atoms with van der Waals surface area (Å²) in [5.74, 6) is -0.123. The number of carboxylic acids is 1. The van der Waals surface area contributed by atoms with E-state index < -0.39 is 5.97 Å². The third-order valence-electron chi connectivity index (χ3n) is 2.72. The molecule has 0 aromatic heterocycles. The second kappa shape index (κ2) is 9.65. The highest BCUT2D eigenvalue weighted by Crippen LogP contribution is 2.31. The van der Waals surface area contributed by atoms with Gasteiger partial charge >= 0.3 is 5.97 Å². The van der Waals surface area contributed by atoms with E-state index >= 15 is 0 Å². The Bertz CT molecular complexity index is 501. The van der Waals surface area contributed by atoms with Crippen LogP contribution >= 0.6 is 0 Å². The first kappa shape index (κ1) is 17.8. The van der Waals surface area contributed by atoms with Crippen LogP contribution in [0.1, 0.15) is 39.5 Å². The highest BCUT2D eigenvalue weighted by molar-refractivity contribution is 5.92. The molecule has 0 aliphatic heterocycles. The van der Waals surface area contributed by atoms with Crippen molar-refractivity contribution in [2.45, 2.75) is 39.5 Å². The van der Waals surface area contributed by atoms with Crippen LogP contribution in [0.5, 0.6) is 11.5 Å². The van der Waals surface area contributed by atoms with Gasteiger partial charge in [-0.1, -0.05) is 13.8 Å². The SMILES string of the molecule is CCCOc1ccc(NC(=O)CCC(=O)O)cc1OCCC. The van der Waals surface area contributed by atoms with Crippen LogP contribution in [-0.2, 0) is 9.59 Å². The average molecular weight is 309 g/mol. The molecule has 0 unspecified atom stereocenters. The van der Waals surface area contributed by atoms with Gasteiger partial charge in [0, 0.05) is 18.2 Å². The van der Waals surface area contributed by atoms with Gasteiger partial charge in [-0.15, -0.1) is 0 Å². The minimum atomic E-state index is -0.995. The molecule has 1 rings (SSSR count). The van der Waals surface area contributed by atoms with Crippen LogP contribution in [0, 0.1) is 0 Å². The molecule has 0 atom stereocenters. The van der Waals surface area contributed by atoms with Gasteiger partial charge in [0.2, 0.25) is 5.91 Å². The third kappa shape index (κ3) is 6.47. The van der Waals surface area contributed by atoms with Crippen LogP contribution in [0.15, 0.2) is 18.2 Å². The third-order valence-corrected chi connectivity index (χ3v) is 2.72. The summed E-state index contributed by atoms with van der Waals surface area (Å²) >= 11 is 0. The van der Waals surface area contributed by atoms with Crippen LogP contribution in [0.2, 0.25) is 0 Å². The molecule has 0 bridgehead atoms. The summed E-state index contributed by atoms with van der Waals surface area (Å²) in [7, 11) is 0. The largest absolute Gasteiger partial charge is 0.490 e. The summed E-state index contributed by atoms with van der Waals surface area (Å²) in [5, 5.41) is 11.2. The van der Waals surface area contributed by atoms with Crippen molar-refractivity contribution >= 4 is 17.6 Å². The van der Waals surface area contributed by atoms with Crippen LogP contribution < -0.4 is 14.8 Å². The van der Waals surface area contributed by atoms with Gasteiger partial charge in [-0.2, -0.15) is 0 Å². The first-order chi connectivity index (χ1) is 10.6. The molecule has 6 nitrogen and oxygen atoms in total. The number of carbonyl (C=O) groups is 2. The predicted octanol–water partition coefficient (Wildman–Crippen LogP) is 3.07. The zero-order valence-corrected chi connectivity index (χ0v) is 13.1. The van der Waals surface area contributed by atoms with E-state index in [1.165, 1.54) is 0 Å². The van der Waals surface area contributed by atoms with Crippen molar-refractivity contribution in [2.75, 3.05) is 18.5 Å². The summed E-state index contributed by atoms with van der Waals surface area (Å²) in [6, 6.07) is 5.15. The van der Waals surface area contributed by atoms with Gasteiger partial charge in [0.1, 0.15) is 0 Å². The molecule has 0 saturated heterocycles. The fourth-order valence-corrected chi connectivity index (χ4v) is 1.69. The summed E-state index contributed by atoms with van der Waals surface area (Å²) < 4.78 is 11.2. The number of hydrogen-bond donors (Lipinski definition) is 2. The Morgan fingerprint density at radius 2 is 1.68 bits per heavy atom. The molecule has 0 aliphatic rings. The van der Waals surface area contributed by atoms with Gasteiger partial charge in [0.25, 0.3) is 0 Å². The molecule has 122 valence electrons. The Hall–Kier alpha value is -2.24. The van der Waals surface area contributed by atoms with Crippen molar-refractivity contribution < 1.29 is 24.2 Å². The number of ether oxygens (including phenoxy) is 2. The average Bonchev–Trinajstić information content (AvgIpc) is 2.50. The topological polar surface area (TPSA) is 84.9 Å². The molecule has 1 aromatic carbocycles. The Labute approximate surface area is 130 Å². The molecule has 0 radical (unpaired) electrons. The molecule has 6 heteroatoms. The van der Waals surface area contributed by atoms with Gasteiger partial charge in [-0.3, -0.25) is 9.59 Å². The molecule has 0 fully saturated rings. The zero-order chi connectivity index (χ0) is 16.4. The molecule has 1 amide bonds.